The fourth-order valence-electron chi connectivity index (χ4n) is 2.06. The summed E-state index contributed by atoms with van der Waals surface area (Å²) >= 11 is 0. The van der Waals surface area contributed by atoms with Crippen LogP contribution in [0.4, 0.5) is 10.2 Å². The number of benzene rings is 1. The predicted molar refractivity (Wildman–Crippen MR) is 71.6 cm³/mol. The monoisotopic (exact) mass is 247 g/mol. The van der Waals surface area contributed by atoms with Crippen LogP contribution in [0.1, 0.15) is 19.4 Å². The van der Waals surface area contributed by atoms with Gasteiger partial charge in [0.15, 0.2) is 0 Å². The van der Waals surface area contributed by atoms with Crippen LogP contribution in [-0.2, 0) is 13.5 Å². The van der Waals surface area contributed by atoms with Gasteiger partial charge >= 0.3 is 0 Å². The van der Waals surface area contributed by atoms with E-state index in [1.54, 1.807) is 23.9 Å². The quantitative estimate of drug-likeness (QED) is 0.906. The molecule has 0 aliphatic carbocycles. The molecular weight excluding hydrogens is 229 g/mol. The molecule has 0 spiro atoms. The van der Waals surface area contributed by atoms with Gasteiger partial charge in [0.1, 0.15) is 17.3 Å². The fraction of sp³-hybridized carbons (Fsp3) is 0.357. The second-order valence-corrected chi connectivity index (χ2v) is 4.91. The van der Waals surface area contributed by atoms with E-state index in [1.807, 2.05) is 6.07 Å². The van der Waals surface area contributed by atoms with Crippen molar-refractivity contribution in [2.45, 2.75) is 20.3 Å². The van der Waals surface area contributed by atoms with E-state index in [2.05, 4.69) is 18.9 Å². The lowest BCUT2D eigenvalue weighted by Gasteiger charge is -2.07. The number of anilines is 1. The van der Waals surface area contributed by atoms with Crippen molar-refractivity contribution in [1.82, 2.24) is 9.78 Å². The van der Waals surface area contributed by atoms with Gasteiger partial charge < -0.3 is 5.73 Å². The van der Waals surface area contributed by atoms with E-state index in [4.69, 9.17) is 5.73 Å². The minimum Gasteiger partial charge on any atom is -0.384 e. The molecule has 2 rings (SSSR count). The van der Waals surface area contributed by atoms with Gasteiger partial charge in [-0.05, 0) is 24.5 Å². The van der Waals surface area contributed by atoms with Crippen LogP contribution in [0.3, 0.4) is 0 Å². The molecule has 1 heterocycles. The Balaban J connectivity index is 2.57. The third-order valence-corrected chi connectivity index (χ3v) is 2.94. The molecule has 1 aromatic carbocycles. The summed E-state index contributed by atoms with van der Waals surface area (Å²) < 4.78 is 15.5. The van der Waals surface area contributed by atoms with Crippen LogP contribution in [-0.4, -0.2) is 9.78 Å². The molecule has 2 N–H and O–H groups in total. The molecular formula is C14H18FN3. The second-order valence-electron chi connectivity index (χ2n) is 4.91. The molecule has 0 fully saturated rings. The Kier molecular flexibility index (Phi) is 3.36. The summed E-state index contributed by atoms with van der Waals surface area (Å²) in [5.41, 5.74) is 8.11. The summed E-state index contributed by atoms with van der Waals surface area (Å²) in [6, 6.07) is 6.66. The van der Waals surface area contributed by atoms with Crippen molar-refractivity contribution in [3.8, 4) is 11.3 Å². The van der Waals surface area contributed by atoms with Crippen LogP contribution in [0.2, 0.25) is 0 Å². The number of nitrogen functional groups attached to an aromatic ring is 1. The van der Waals surface area contributed by atoms with E-state index in [1.165, 1.54) is 6.07 Å². The molecule has 0 saturated carbocycles. The molecule has 0 radical (unpaired) electrons. The van der Waals surface area contributed by atoms with Crippen LogP contribution >= 0.6 is 0 Å². The minimum absolute atomic E-state index is 0.263. The highest BCUT2D eigenvalue weighted by Crippen LogP contribution is 2.30. The van der Waals surface area contributed by atoms with Crippen LogP contribution in [0.5, 0.6) is 0 Å². The number of hydrogen-bond donors (Lipinski definition) is 1. The van der Waals surface area contributed by atoms with Crippen LogP contribution in [0.25, 0.3) is 11.3 Å². The third kappa shape index (κ3) is 2.23. The van der Waals surface area contributed by atoms with E-state index in [9.17, 15) is 4.39 Å². The highest BCUT2D eigenvalue weighted by atomic mass is 19.1. The van der Waals surface area contributed by atoms with Crippen molar-refractivity contribution in [3.05, 3.63) is 35.6 Å². The lowest BCUT2D eigenvalue weighted by molar-refractivity contribution is 0.628. The Bertz CT molecular complexity index is 558. The Morgan fingerprint density at radius 2 is 2.00 bits per heavy atom. The maximum Gasteiger partial charge on any atom is 0.132 e. The number of aromatic nitrogens is 2. The zero-order chi connectivity index (χ0) is 13.3. The molecule has 0 unspecified atom stereocenters. The van der Waals surface area contributed by atoms with E-state index in [0.717, 1.165) is 12.0 Å². The number of halogens is 1. The molecule has 18 heavy (non-hydrogen) atoms. The highest BCUT2D eigenvalue weighted by Gasteiger charge is 2.18. The van der Waals surface area contributed by atoms with Crippen molar-refractivity contribution in [2.24, 2.45) is 13.0 Å². The van der Waals surface area contributed by atoms with Gasteiger partial charge in [-0.25, -0.2) is 4.39 Å². The lowest BCUT2D eigenvalue weighted by Crippen LogP contribution is -2.02. The van der Waals surface area contributed by atoms with E-state index >= 15 is 0 Å². The van der Waals surface area contributed by atoms with Crippen LogP contribution in [0, 0.1) is 11.7 Å². The zero-order valence-corrected chi connectivity index (χ0v) is 10.9. The predicted octanol–water partition coefficient (Wildman–Crippen LogP) is 3.01. The average Bonchev–Trinajstić information content (AvgIpc) is 2.57. The first-order chi connectivity index (χ1) is 8.50. The summed E-state index contributed by atoms with van der Waals surface area (Å²) in [4.78, 5) is 0. The number of hydrogen-bond acceptors (Lipinski definition) is 2. The van der Waals surface area contributed by atoms with Crippen molar-refractivity contribution >= 4 is 5.82 Å². The van der Waals surface area contributed by atoms with E-state index in [-0.39, 0.29) is 5.82 Å². The van der Waals surface area contributed by atoms with Crippen molar-refractivity contribution in [1.29, 1.82) is 0 Å². The first kappa shape index (κ1) is 12.6. The number of nitrogens with two attached hydrogens (primary N) is 1. The summed E-state index contributed by atoms with van der Waals surface area (Å²) in [6.07, 6.45) is 0.795. The molecule has 0 bridgehead atoms. The Morgan fingerprint density at radius 1 is 1.33 bits per heavy atom. The van der Waals surface area contributed by atoms with Gasteiger partial charge in [-0.15, -0.1) is 0 Å². The largest absolute Gasteiger partial charge is 0.384 e. The number of nitrogens with zero attached hydrogens (tertiary/aromatic N) is 2. The smallest absolute Gasteiger partial charge is 0.132 e. The average molecular weight is 247 g/mol. The van der Waals surface area contributed by atoms with Gasteiger partial charge in [-0.3, -0.25) is 4.68 Å². The summed E-state index contributed by atoms with van der Waals surface area (Å²) in [6.45, 7) is 4.22. The SMILES string of the molecule is CC(C)Cc1c(-c2ccccc2F)nn(C)c1N. The van der Waals surface area contributed by atoms with Gasteiger partial charge in [0.05, 0.1) is 0 Å². The van der Waals surface area contributed by atoms with Crippen LogP contribution < -0.4 is 5.73 Å². The number of aryl methyl sites for hydroxylation is 1. The first-order valence-corrected chi connectivity index (χ1v) is 6.07. The molecule has 0 atom stereocenters. The van der Waals surface area contributed by atoms with Gasteiger partial charge in [-0.2, -0.15) is 5.10 Å². The zero-order valence-electron chi connectivity index (χ0n) is 10.9. The normalized spacial score (nSPS) is 11.2. The maximum absolute atomic E-state index is 13.8. The molecule has 0 aliphatic heterocycles. The van der Waals surface area contributed by atoms with E-state index < -0.39 is 0 Å². The first-order valence-electron chi connectivity index (χ1n) is 6.07. The van der Waals surface area contributed by atoms with Crippen LogP contribution in [0.15, 0.2) is 24.3 Å². The second kappa shape index (κ2) is 4.80. The van der Waals surface area contributed by atoms with E-state index in [0.29, 0.717) is 23.0 Å². The highest BCUT2D eigenvalue weighted by molar-refractivity contribution is 5.68. The van der Waals surface area contributed by atoms with Gasteiger partial charge in [0.25, 0.3) is 0 Å². The maximum atomic E-state index is 13.8. The summed E-state index contributed by atoms with van der Waals surface area (Å²) in [5, 5.41) is 4.35. The Labute approximate surface area is 106 Å². The topological polar surface area (TPSA) is 43.8 Å². The molecule has 1 aromatic heterocycles. The molecule has 96 valence electrons. The summed E-state index contributed by atoms with van der Waals surface area (Å²) in [7, 11) is 1.78. The standard InChI is InChI=1S/C14H18FN3/c1-9(2)8-11-13(17-18(3)14(11)16)10-6-4-5-7-12(10)15/h4-7,9H,8,16H2,1-3H3. The molecule has 0 saturated heterocycles. The van der Waals surface area contributed by atoms with Gasteiger partial charge in [0.2, 0.25) is 0 Å². The molecule has 3 nitrogen and oxygen atoms in total. The van der Waals surface area contributed by atoms with Crippen molar-refractivity contribution in [3.63, 3.8) is 0 Å². The van der Waals surface area contributed by atoms with Gasteiger partial charge in [-0.1, -0.05) is 26.0 Å². The van der Waals surface area contributed by atoms with Crippen molar-refractivity contribution < 1.29 is 4.39 Å². The Morgan fingerprint density at radius 3 is 2.61 bits per heavy atom. The van der Waals surface area contributed by atoms with Crippen molar-refractivity contribution in [2.75, 3.05) is 5.73 Å². The fourth-order valence-corrected chi connectivity index (χ4v) is 2.06. The Hall–Kier alpha value is -1.84. The molecule has 4 heteroatoms. The summed E-state index contributed by atoms with van der Waals surface area (Å²) in [5.74, 6) is 0.796. The third-order valence-electron chi connectivity index (χ3n) is 2.94. The minimum atomic E-state index is -0.263. The number of rotatable bonds is 3. The van der Waals surface area contributed by atoms with Gasteiger partial charge in [0, 0.05) is 18.2 Å². The molecule has 0 amide bonds. The molecule has 0 aliphatic rings. The lowest BCUT2D eigenvalue weighted by atomic mass is 9.99. The molecule has 2 aromatic rings.